The highest BCUT2D eigenvalue weighted by Crippen LogP contribution is 2.44. The van der Waals surface area contributed by atoms with E-state index in [1.807, 2.05) is 41.5 Å². The number of aliphatic hydroxyl groups is 1. The number of anilines is 1. The molecule has 2 fully saturated rings. The first-order valence-electron chi connectivity index (χ1n) is 13.1. The Morgan fingerprint density at radius 1 is 0.946 bits per heavy atom. The summed E-state index contributed by atoms with van der Waals surface area (Å²) in [6.45, 7) is 12.3. The molecule has 0 radical (unpaired) electrons. The molecule has 2 aliphatic carbocycles. The van der Waals surface area contributed by atoms with E-state index in [1.54, 1.807) is 18.6 Å². The third-order valence-corrected chi connectivity index (χ3v) is 8.54. The SMILES string of the molecule is CC(C)(C)[N+](C(=O)O[C@H]1CC[C@@H](c2cnc(N)c(Br)n2)C1)(c1cnc([C@@H]2CC[C@H](O)C2)cn1)C(C)(C)C. The molecule has 2 aromatic rings. The van der Waals surface area contributed by atoms with Crippen LogP contribution in [0.3, 0.4) is 0 Å². The second-order valence-corrected chi connectivity index (χ2v) is 13.2. The maximum Gasteiger partial charge on any atom is 0.523 e. The minimum atomic E-state index is -0.555. The van der Waals surface area contributed by atoms with Crippen molar-refractivity contribution in [3.63, 3.8) is 0 Å². The van der Waals surface area contributed by atoms with Gasteiger partial charge in [-0.2, -0.15) is 9.28 Å². The van der Waals surface area contributed by atoms with Crippen LogP contribution in [0.4, 0.5) is 16.4 Å². The highest BCUT2D eigenvalue weighted by atomic mass is 79.9. The summed E-state index contributed by atoms with van der Waals surface area (Å²) in [5.74, 6) is 1.27. The summed E-state index contributed by atoms with van der Waals surface area (Å²) in [5.41, 5.74) is 6.41. The largest absolute Gasteiger partial charge is 0.523 e. The lowest BCUT2D eigenvalue weighted by Crippen LogP contribution is -2.74. The van der Waals surface area contributed by atoms with Crippen LogP contribution in [0.2, 0.25) is 0 Å². The Kier molecular flexibility index (Phi) is 7.67. The molecule has 0 spiro atoms. The molecule has 2 aromatic heterocycles. The Bertz CT molecular complexity index is 1110. The summed E-state index contributed by atoms with van der Waals surface area (Å²) >= 11 is 3.36. The van der Waals surface area contributed by atoms with Crippen LogP contribution in [0, 0.1) is 0 Å². The number of carbonyl (C=O) groups is 1. The summed E-state index contributed by atoms with van der Waals surface area (Å²) in [4.78, 5) is 32.6. The van der Waals surface area contributed by atoms with Crippen molar-refractivity contribution in [2.24, 2.45) is 0 Å². The molecular formula is C27H40BrN6O3+. The van der Waals surface area contributed by atoms with Gasteiger partial charge in [-0.05, 0) is 96.0 Å². The number of quaternary nitrogens is 1. The van der Waals surface area contributed by atoms with Crippen molar-refractivity contribution < 1.29 is 14.6 Å². The molecule has 2 heterocycles. The van der Waals surface area contributed by atoms with E-state index in [9.17, 15) is 9.90 Å². The van der Waals surface area contributed by atoms with E-state index in [1.165, 1.54) is 0 Å². The van der Waals surface area contributed by atoms with E-state index in [0.29, 0.717) is 29.1 Å². The van der Waals surface area contributed by atoms with Crippen molar-refractivity contribution in [3.8, 4) is 0 Å². The molecule has 0 aliphatic heterocycles. The molecule has 9 nitrogen and oxygen atoms in total. The average molecular weight is 577 g/mol. The van der Waals surface area contributed by atoms with Crippen molar-refractivity contribution >= 4 is 33.7 Å². The number of halogens is 1. The van der Waals surface area contributed by atoms with Crippen LogP contribution in [-0.4, -0.2) is 54.4 Å². The Hall–Kier alpha value is -2.17. The molecule has 0 aromatic carbocycles. The lowest BCUT2D eigenvalue weighted by Gasteiger charge is -2.51. The van der Waals surface area contributed by atoms with Gasteiger partial charge in [-0.3, -0.25) is 4.98 Å². The topological polar surface area (TPSA) is 124 Å². The molecule has 2 saturated carbocycles. The van der Waals surface area contributed by atoms with E-state index < -0.39 is 11.1 Å². The predicted octanol–water partition coefficient (Wildman–Crippen LogP) is 5.62. The summed E-state index contributed by atoms with van der Waals surface area (Å²) in [6, 6.07) is 0. The van der Waals surface area contributed by atoms with Gasteiger partial charge in [-0.25, -0.2) is 15.0 Å². The van der Waals surface area contributed by atoms with Gasteiger partial charge in [-0.1, -0.05) is 0 Å². The summed E-state index contributed by atoms with van der Waals surface area (Å²) in [5, 5.41) is 9.96. The van der Waals surface area contributed by atoms with Crippen molar-refractivity contribution in [2.45, 2.75) is 115 Å². The average Bonchev–Trinajstić information content (AvgIpc) is 3.44. The molecule has 4 rings (SSSR count). The molecule has 4 atom stereocenters. The van der Waals surface area contributed by atoms with Gasteiger partial charge in [0.25, 0.3) is 5.82 Å². The van der Waals surface area contributed by atoms with Crippen LogP contribution in [0.25, 0.3) is 0 Å². The molecule has 1 amide bonds. The first kappa shape index (κ1) is 27.9. The van der Waals surface area contributed by atoms with Crippen LogP contribution in [0.5, 0.6) is 0 Å². The first-order valence-corrected chi connectivity index (χ1v) is 13.9. The zero-order valence-electron chi connectivity index (χ0n) is 22.7. The second-order valence-electron chi connectivity index (χ2n) is 12.5. The van der Waals surface area contributed by atoms with Crippen molar-refractivity contribution in [2.75, 3.05) is 5.73 Å². The van der Waals surface area contributed by atoms with Gasteiger partial charge in [0.1, 0.15) is 28.0 Å². The maximum absolute atomic E-state index is 14.2. The number of carbonyl (C=O) groups excluding carboxylic acids is 1. The zero-order chi connectivity index (χ0) is 27.2. The minimum Gasteiger partial charge on any atom is -0.416 e. The van der Waals surface area contributed by atoms with Crippen LogP contribution in [-0.2, 0) is 4.74 Å². The van der Waals surface area contributed by atoms with Crippen LogP contribution < -0.4 is 10.2 Å². The first-order chi connectivity index (χ1) is 17.2. The Labute approximate surface area is 228 Å². The highest BCUT2D eigenvalue weighted by Gasteiger charge is 2.61. The summed E-state index contributed by atoms with van der Waals surface area (Å²) < 4.78 is 6.72. The number of aromatic nitrogens is 4. The zero-order valence-corrected chi connectivity index (χ0v) is 24.3. The minimum absolute atomic E-state index is 0.102. The highest BCUT2D eigenvalue weighted by molar-refractivity contribution is 9.10. The molecule has 2 aliphatic rings. The number of ether oxygens (including phenoxy) is 1. The number of nitrogens with zero attached hydrogens (tertiary/aromatic N) is 5. The Morgan fingerprint density at radius 3 is 2.11 bits per heavy atom. The van der Waals surface area contributed by atoms with Gasteiger partial charge in [0, 0.05) is 11.8 Å². The maximum atomic E-state index is 14.2. The van der Waals surface area contributed by atoms with Crippen molar-refractivity contribution in [1.29, 1.82) is 0 Å². The van der Waals surface area contributed by atoms with Crippen LogP contribution in [0.15, 0.2) is 23.2 Å². The monoisotopic (exact) mass is 575 g/mol. The normalized spacial score (nSPS) is 24.9. The van der Waals surface area contributed by atoms with Gasteiger partial charge in [0.15, 0.2) is 5.82 Å². The van der Waals surface area contributed by atoms with Crippen LogP contribution in [0.1, 0.15) is 103 Å². The lowest BCUT2D eigenvalue weighted by atomic mass is 9.90. The van der Waals surface area contributed by atoms with Gasteiger partial charge < -0.3 is 15.6 Å². The molecule has 37 heavy (non-hydrogen) atoms. The third kappa shape index (κ3) is 5.25. The van der Waals surface area contributed by atoms with E-state index in [4.69, 9.17) is 20.4 Å². The smallest absolute Gasteiger partial charge is 0.416 e. The molecule has 0 saturated heterocycles. The van der Waals surface area contributed by atoms with E-state index in [-0.39, 0.29) is 34.6 Å². The number of aliphatic hydroxyl groups excluding tert-OH is 1. The summed E-state index contributed by atoms with van der Waals surface area (Å²) in [6.07, 6.45) is 9.05. The van der Waals surface area contributed by atoms with Gasteiger partial charge in [-0.15, -0.1) is 0 Å². The van der Waals surface area contributed by atoms with Gasteiger partial charge in [0.05, 0.1) is 29.9 Å². The summed E-state index contributed by atoms with van der Waals surface area (Å²) in [7, 11) is 0. The van der Waals surface area contributed by atoms with Crippen molar-refractivity contribution in [1.82, 2.24) is 24.4 Å². The number of hydrogen-bond acceptors (Lipinski definition) is 8. The quantitative estimate of drug-likeness (QED) is 0.450. The number of amides is 1. The standard InChI is InChI=1S/C27H40BrN6O3/c1-26(2,3)34(27(4,5)6,22-15-30-20(13-31-22)16-7-9-18(35)11-16)25(36)37-19-10-8-17(12-19)21-14-32-24(29)23(28)33-21/h13-19,35H,7-12H2,1-6H3,(H2,29,32)/q+1/t16-,17-,18+,19+/m1/s1. The molecule has 10 heteroatoms. The molecule has 202 valence electrons. The van der Waals surface area contributed by atoms with Crippen molar-refractivity contribution in [3.05, 3.63) is 34.6 Å². The fourth-order valence-corrected chi connectivity index (χ4v) is 6.71. The van der Waals surface area contributed by atoms with E-state index in [2.05, 4.69) is 25.9 Å². The number of rotatable bonds is 4. The third-order valence-electron chi connectivity index (χ3n) is 7.96. The van der Waals surface area contributed by atoms with E-state index >= 15 is 0 Å². The Morgan fingerprint density at radius 2 is 1.57 bits per heavy atom. The number of hydrogen-bond donors (Lipinski definition) is 2. The molecular weight excluding hydrogens is 536 g/mol. The fourth-order valence-electron chi connectivity index (χ4n) is 6.40. The molecule has 0 bridgehead atoms. The molecule has 0 unspecified atom stereocenters. The van der Waals surface area contributed by atoms with Crippen LogP contribution >= 0.6 is 15.9 Å². The lowest BCUT2D eigenvalue weighted by molar-refractivity contribution is 0.00321. The number of nitrogen functional groups attached to an aromatic ring is 1. The predicted molar refractivity (Wildman–Crippen MR) is 147 cm³/mol. The molecule has 3 N–H and O–H groups in total. The van der Waals surface area contributed by atoms with Gasteiger partial charge in [0.2, 0.25) is 0 Å². The Balaban J connectivity index is 1.61. The number of nitrogens with two attached hydrogens (primary N) is 1. The van der Waals surface area contributed by atoms with E-state index in [0.717, 1.165) is 37.1 Å². The van der Waals surface area contributed by atoms with Gasteiger partial charge >= 0.3 is 6.09 Å². The second kappa shape index (κ2) is 10.2. The fraction of sp³-hybridized carbons (Fsp3) is 0.667.